The molecule has 1 aliphatic carbocycles. The molecule has 3 atom stereocenters. The Bertz CT molecular complexity index is 530. The zero-order valence-electron chi connectivity index (χ0n) is 11.5. The van der Waals surface area contributed by atoms with Crippen molar-refractivity contribution in [3.63, 3.8) is 0 Å². The van der Waals surface area contributed by atoms with E-state index in [1.165, 1.54) is 12.8 Å². The molecule has 1 aromatic carbocycles. The second-order valence-corrected chi connectivity index (χ2v) is 6.76. The first kappa shape index (κ1) is 14.9. The van der Waals surface area contributed by atoms with Gasteiger partial charge in [0.1, 0.15) is 5.69 Å². The average Bonchev–Trinajstić information content (AvgIpc) is 2.86. The summed E-state index contributed by atoms with van der Waals surface area (Å²) in [6.07, 6.45) is 5.33. The van der Waals surface area contributed by atoms with E-state index in [4.69, 9.17) is 0 Å². The monoisotopic (exact) mass is 358 g/mol. The topological polar surface area (TPSA) is 41.1 Å². The van der Waals surface area contributed by atoms with Crippen molar-refractivity contribution in [2.75, 3.05) is 5.32 Å². The van der Waals surface area contributed by atoms with Gasteiger partial charge in [0.25, 0.3) is 0 Å². The summed E-state index contributed by atoms with van der Waals surface area (Å²) >= 11 is 3.02. The van der Waals surface area contributed by atoms with Gasteiger partial charge < -0.3 is 10.6 Å². The third kappa shape index (κ3) is 3.11. The zero-order chi connectivity index (χ0) is 15.0. The Morgan fingerprint density at radius 1 is 1.24 bits per heavy atom. The van der Waals surface area contributed by atoms with Gasteiger partial charge in [0.05, 0.1) is 6.04 Å². The number of halogens is 3. The van der Waals surface area contributed by atoms with Crippen LogP contribution in [0.3, 0.4) is 0 Å². The van der Waals surface area contributed by atoms with E-state index < -0.39 is 11.6 Å². The van der Waals surface area contributed by atoms with E-state index in [2.05, 4.69) is 26.6 Å². The maximum absolute atomic E-state index is 13.7. The van der Waals surface area contributed by atoms with Crippen LogP contribution in [-0.4, -0.2) is 18.0 Å². The predicted octanol–water partition coefficient (Wildman–Crippen LogP) is 3.59. The van der Waals surface area contributed by atoms with E-state index in [0.717, 1.165) is 31.4 Å². The number of carbonyl (C=O) groups excluding carboxylic acids is 1. The number of nitrogens with one attached hydrogen (secondary N) is 2. The summed E-state index contributed by atoms with van der Waals surface area (Å²) in [5.41, 5.74) is -0.375. The molecule has 3 rings (SSSR count). The molecule has 0 spiro atoms. The fraction of sp³-hybridized carbons (Fsp3) is 0.533. The molecule has 1 saturated heterocycles. The molecule has 1 saturated carbocycles. The van der Waals surface area contributed by atoms with Crippen molar-refractivity contribution in [1.82, 2.24) is 5.32 Å². The van der Waals surface area contributed by atoms with Crippen LogP contribution >= 0.6 is 15.9 Å². The highest BCUT2D eigenvalue weighted by molar-refractivity contribution is 9.10. The minimum atomic E-state index is -0.773. The lowest BCUT2D eigenvalue weighted by molar-refractivity contribution is -0.117. The van der Waals surface area contributed by atoms with E-state index in [9.17, 15) is 13.6 Å². The minimum absolute atomic E-state index is 0.306. The molecule has 2 N–H and O–H groups in total. The molecule has 2 aliphatic rings. The Morgan fingerprint density at radius 3 is 2.57 bits per heavy atom. The van der Waals surface area contributed by atoms with Gasteiger partial charge in [-0.1, -0.05) is 28.8 Å². The molecule has 6 heteroatoms. The number of fused-ring (bicyclic) bond motifs is 1. The van der Waals surface area contributed by atoms with Gasteiger partial charge in [0.2, 0.25) is 5.91 Å². The number of carbonyl (C=O) groups is 1. The van der Waals surface area contributed by atoms with Gasteiger partial charge in [0, 0.05) is 10.5 Å². The summed E-state index contributed by atoms with van der Waals surface area (Å²) in [4.78, 5) is 12.2. The van der Waals surface area contributed by atoms with Crippen LogP contribution < -0.4 is 10.6 Å². The first-order valence-electron chi connectivity index (χ1n) is 7.26. The normalized spacial score (nSPS) is 28.2. The number of amides is 1. The highest BCUT2D eigenvalue weighted by Crippen LogP contribution is 2.33. The van der Waals surface area contributed by atoms with Gasteiger partial charge >= 0.3 is 0 Å². The summed E-state index contributed by atoms with van der Waals surface area (Å²) in [6, 6.07) is 2.29. The molecule has 0 aromatic heterocycles. The van der Waals surface area contributed by atoms with Crippen molar-refractivity contribution in [2.45, 2.75) is 44.2 Å². The summed E-state index contributed by atoms with van der Waals surface area (Å²) in [6.45, 7) is 0. The number of benzene rings is 1. The number of anilines is 1. The average molecular weight is 359 g/mol. The first-order chi connectivity index (χ1) is 10.0. The fourth-order valence-corrected chi connectivity index (χ4v) is 3.80. The van der Waals surface area contributed by atoms with E-state index in [0.29, 0.717) is 16.4 Å². The lowest BCUT2D eigenvalue weighted by atomic mass is 9.85. The van der Waals surface area contributed by atoms with E-state index in [1.807, 2.05) is 0 Å². The molecule has 3 unspecified atom stereocenters. The quantitative estimate of drug-likeness (QED) is 0.848. The summed E-state index contributed by atoms with van der Waals surface area (Å²) < 4.78 is 27.8. The zero-order valence-corrected chi connectivity index (χ0v) is 13.1. The molecule has 114 valence electrons. The Morgan fingerprint density at radius 2 is 1.90 bits per heavy atom. The van der Waals surface area contributed by atoms with E-state index in [1.54, 1.807) is 0 Å². The molecule has 21 heavy (non-hydrogen) atoms. The highest BCUT2D eigenvalue weighted by Gasteiger charge is 2.38. The SMILES string of the molecule is O=C(Nc1c(F)cc(Br)cc1F)C1CC2CCCCC2N1. The Balaban J connectivity index is 1.70. The smallest absolute Gasteiger partial charge is 0.241 e. The van der Waals surface area contributed by atoms with Crippen molar-refractivity contribution >= 4 is 27.5 Å². The van der Waals surface area contributed by atoms with Crippen LogP contribution in [0.25, 0.3) is 0 Å². The van der Waals surface area contributed by atoms with E-state index in [-0.39, 0.29) is 17.6 Å². The largest absolute Gasteiger partial charge is 0.320 e. The lowest BCUT2D eigenvalue weighted by Crippen LogP contribution is -2.40. The van der Waals surface area contributed by atoms with Gasteiger partial charge in [-0.3, -0.25) is 4.79 Å². The second-order valence-electron chi connectivity index (χ2n) is 5.84. The van der Waals surface area contributed by atoms with Crippen LogP contribution in [0.15, 0.2) is 16.6 Å². The van der Waals surface area contributed by atoms with Gasteiger partial charge in [0.15, 0.2) is 11.6 Å². The van der Waals surface area contributed by atoms with Gasteiger partial charge in [-0.25, -0.2) is 8.78 Å². The van der Waals surface area contributed by atoms with Crippen LogP contribution in [0.1, 0.15) is 32.1 Å². The van der Waals surface area contributed by atoms with Crippen LogP contribution in [0.4, 0.5) is 14.5 Å². The molecule has 1 aliphatic heterocycles. The summed E-state index contributed by atoms with van der Waals surface area (Å²) in [5, 5.41) is 5.68. The summed E-state index contributed by atoms with van der Waals surface area (Å²) in [5.74, 6) is -1.39. The standard InChI is InChI=1S/C15H17BrF2N2O/c16-9-6-10(17)14(11(18)7-9)20-15(21)13-5-8-3-1-2-4-12(8)19-13/h6-8,12-13,19H,1-5H2,(H,20,21). The van der Waals surface area contributed by atoms with Gasteiger partial charge in [-0.05, 0) is 37.3 Å². The minimum Gasteiger partial charge on any atom is -0.320 e. The van der Waals surface area contributed by atoms with Gasteiger partial charge in [-0.15, -0.1) is 0 Å². The predicted molar refractivity (Wildman–Crippen MR) is 80.0 cm³/mol. The third-order valence-electron chi connectivity index (χ3n) is 4.43. The van der Waals surface area contributed by atoms with Crippen molar-refractivity contribution in [3.05, 3.63) is 28.2 Å². The first-order valence-corrected chi connectivity index (χ1v) is 8.05. The number of hydrogen-bond donors (Lipinski definition) is 2. The lowest BCUT2D eigenvalue weighted by Gasteiger charge is -2.24. The molecule has 1 amide bonds. The fourth-order valence-electron chi connectivity index (χ4n) is 3.39. The van der Waals surface area contributed by atoms with Crippen LogP contribution in [0.2, 0.25) is 0 Å². The molecule has 0 bridgehead atoms. The Labute approximate surface area is 130 Å². The molecule has 2 fully saturated rings. The van der Waals surface area contributed by atoms with E-state index >= 15 is 0 Å². The number of rotatable bonds is 2. The molecule has 3 nitrogen and oxygen atoms in total. The maximum atomic E-state index is 13.7. The number of hydrogen-bond acceptors (Lipinski definition) is 2. The Hall–Kier alpha value is -1.01. The maximum Gasteiger partial charge on any atom is 0.241 e. The molecular weight excluding hydrogens is 342 g/mol. The van der Waals surface area contributed by atoms with Crippen molar-refractivity contribution in [3.8, 4) is 0 Å². The Kier molecular flexibility index (Phi) is 4.26. The van der Waals surface area contributed by atoms with Crippen LogP contribution in [0, 0.1) is 17.6 Å². The molecular formula is C15H17BrF2N2O. The van der Waals surface area contributed by atoms with Crippen LogP contribution in [-0.2, 0) is 4.79 Å². The summed E-state index contributed by atoms with van der Waals surface area (Å²) in [7, 11) is 0. The highest BCUT2D eigenvalue weighted by atomic mass is 79.9. The molecule has 0 radical (unpaired) electrons. The van der Waals surface area contributed by atoms with Gasteiger partial charge in [-0.2, -0.15) is 0 Å². The van der Waals surface area contributed by atoms with Crippen molar-refractivity contribution < 1.29 is 13.6 Å². The second kappa shape index (κ2) is 6.01. The van der Waals surface area contributed by atoms with Crippen molar-refractivity contribution in [1.29, 1.82) is 0 Å². The molecule has 1 aromatic rings. The van der Waals surface area contributed by atoms with Crippen LogP contribution in [0.5, 0.6) is 0 Å². The van der Waals surface area contributed by atoms with Crippen molar-refractivity contribution in [2.24, 2.45) is 5.92 Å². The molecule has 1 heterocycles. The third-order valence-corrected chi connectivity index (χ3v) is 4.89.